The van der Waals surface area contributed by atoms with E-state index >= 15 is 0 Å². The molecule has 4 aromatic rings. The number of hydrogen-bond acceptors (Lipinski definition) is 4. The monoisotopic (exact) mass is 382 g/mol. The van der Waals surface area contributed by atoms with Crippen molar-refractivity contribution in [3.63, 3.8) is 0 Å². The summed E-state index contributed by atoms with van der Waals surface area (Å²) < 4.78 is 7.35. The van der Waals surface area contributed by atoms with Crippen molar-refractivity contribution in [2.24, 2.45) is 0 Å². The molecule has 0 spiro atoms. The predicted octanol–water partition coefficient (Wildman–Crippen LogP) is 4.22. The van der Waals surface area contributed by atoms with Gasteiger partial charge in [-0.3, -0.25) is 0 Å². The number of hydrogen-bond donors (Lipinski definition) is 1. The largest absolute Gasteiger partial charge is 0.385 e. The number of aliphatic hydroxyl groups is 1. The lowest BCUT2D eigenvalue weighted by molar-refractivity contribution is 0.184. The molecule has 1 atom stereocenters. The lowest BCUT2D eigenvalue weighted by Gasteiger charge is -2.07. The Morgan fingerprint density at radius 3 is 2.38 bits per heavy atom. The number of aromatic nitrogens is 3. The molecule has 5 nitrogen and oxygen atoms in total. The van der Waals surface area contributed by atoms with Gasteiger partial charge in [0.25, 0.3) is 0 Å². The summed E-state index contributed by atoms with van der Waals surface area (Å²) in [5, 5.41) is 13.9. The van der Waals surface area contributed by atoms with Crippen molar-refractivity contribution in [1.82, 2.24) is 14.7 Å². The molecule has 0 bridgehead atoms. The minimum atomic E-state index is -0.637. The summed E-state index contributed by atoms with van der Waals surface area (Å²) in [5.74, 6) is 7.59. The molecule has 2 heterocycles. The van der Waals surface area contributed by atoms with Crippen LogP contribution in [0.4, 0.5) is 0 Å². The fourth-order valence-corrected chi connectivity index (χ4v) is 2.97. The summed E-state index contributed by atoms with van der Waals surface area (Å²) in [4.78, 5) is 4.17. The second-order valence-electron chi connectivity index (χ2n) is 6.80. The zero-order valence-electron chi connectivity index (χ0n) is 16.0. The van der Waals surface area contributed by atoms with Gasteiger partial charge in [0.15, 0.2) is 5.76 Å². The van der Waals surface area contributed by atoms with Crippen molar-refractivity contribution >= 4 is 0 Å². The topological polar surface area (TPSA) is 64.1 Å². The van der Waals surface area contributed by atoms with Crippen LogP contribution in [0.5, 0.6) is 0 Å². The van der Waals surface area contributed by atoms with E-state index in [9.17, 15) is 5.11 Å². The summed E-state index contributed by atoms with van der Waals surface area (Å²) in [5.41, 5.74) is 4.54. The number of imidazole rings is 1. The Morgan fingerprint density at radius 1 is 1.07 bits per heavy atom. The molecule has 0 aliphatic carbocycles. The first-order valence-corrected chi connectivity index (χ1v) is 9.27. The molecule has 0 saturated carbocycles. The first-order chi connectivity index (χ1) is 14.1. The fourth-order valence-electron chi connectivity index (χ4n) is 2.97. The van der Waals surface area contributed by atoms with Crippen molar-refractivity contribution in [2.45, 2.75) is 19.6 Å². The second kappa shape index (κ2) is 8.17. The molecule has 2 aromatic heterocycles. The maximum Gasteiger partial charge on any atom is 0.167 e. The molecule has 0 aliphatic rings. The molecule has 29 heavy (non-hydrogen) atoms. The van der Waals surface area contributed by atoms with Gasteiger partial charge in [-0.05, 0) is 55.8 Å². The molecule has 0 amide bonds. The number of rotatable bonds is 4. The van der Waals surface area contributed by atoms with Crippen LogP contribution in [0.15, 0.2) is 71.5 Å². The molecule has 4 rings (SSSR count). The minimum Gasteiger partial charge on any atom is -0.385 e. The molecule has 5 heteroatoms. The number of nitrogens with zero attached hydrogens (tertiary/aromatic N) is 3. The van der Waals surface area contributed by atoms with Crippen molar-refractivity contribution in [3.05, 3.63) is 102 Å². The van der Waals surface area contributed by atoms with Crippen LogP contribution in [0.25, 0.3) is 11.3 Å². The standard InChI is InChI=1S/C24H20N3O2/c1-17-3-5-19(6-4-17)7-8-20-9-11-21(12-10-20)23-15-22(26-29-23)16-27-14-13-25-24(27)18(2)28/h3-6,9-15,18,28H,1,16H2,2H3/t18-/m0/s1. The molecule has 2 aromatic carbocycles. The molecular weight excluding hydrogens is 362 g/mol. The highest BCUT2D eigenvalue weighted by Gasteiger charge is 2.12. The van der Waals surface area contributed by atoms with Gasteiger partial charge in [0.05, 0.1) is 6.54 Å². The third-order valence-electron chi connectivity index (χ3n) is 4.49. The lowest BCUT2D eigenvalue weighted by atomic mass is 10.1. The average molecular weight is 382 g/mol. The summed E-state index contributed by atoms with van der Waals surface area (Å²) in [6.07, 6.45) is 2.84. The normalized spacial score (nSPS) is 11.7. The van der Waals surface area contributed by atoms with E-state index in [2.05, 4.69) is 28.9 Å². The van der Waals surface area contributed by atoms with Crippen LogP contribution in [0.1, 0.15) is 41.2 Å². The molecule has 0 fully saturated rings. The van der Waals surface area contributed by atoms with Crippen LogP contribution in [-0.2, 0) is 6.54 Å². The molecule has 1 radical (unpaired) electrons. The van der Waals surface area contributed by atoms with Crippen molar-refractivity contribution in [3.8, 4) is 23.2 Å². The molecule has 143 valence electrons. The maximum absolute atomic E-state index is 9.77. The highest BCUT2D eigenvalue weighted by molar-refractivity contribution is 5.59. The van der Waals surface area contributed by atoms with Gasteiger partial charge in [0.2, 0.25) is 0 Å². The van der Waals surface area contributed by atoms with Gasteiger partial charge in [-0.2, -0.15) is 0 Å². The Morgan fingerprint density at radius 2 is 1.72 bits per heavy atom. The third kappa shape index (κ3) is 4.45. The van der Waals surface area contributed by atoms with Crippen molar-refractivity contribution < 1.29 is 9.63 Å². The smallest absolute Gasteiger partial charge is 0.167 e. The van der Waals surface area contributed by atoms with E-state index in [1.165, 1.54) is 0 Å². The van der Waals surface area contributed by atoms with Crippen LogP contribution >= 0.6 is 0 Å². The summed E-state index contributed by atoms with van der Waals surface area (Å²) in [7, 11) is 0. The summed E-state index contributed by atoms with van der Waals surface area (Å²) in [6.45, 7) is 6.05. The Kier molecular flexibility index (Phi) is 5.28. The zero-order valence-corrected chi connectivity index (χ0v) is 16.0. The van der Waals surface area contributed by atoms with E-state index in [0.29, 0.717) is 18.1 Å². The molecule has 0 saturated heterocycles. The van der Waals surface area contributed by atoms with Crippen LogP contribution in [0, 0.1) is 18.8 Å². The molecule has 1 N–H and O–H groups in total. The maximum atomic E-state index is 9.77. The van der Waals surface area contributed by atoms with Gasteiger partial charge >= 0.3 is 0 Å². The zero-order chi connectivity index (χ0) is 20.2. The SMILES string of the molecule is [CH2]c1ccc(C#Cc2ccc(-c3cc(Cn4ccnc4[C@H](C)O)no3)cc2)cc1. The predicted molar refractivity (Wildman–Crippen MR) is 111 cm³/mol. The first-order valence-electron chi connectivity index (χ1n) is 9.27. The second-order valence-corrected chi connectivity index (χ2v) is 6.80. The van der Waals surface area contributed by atoms with Gasteiger partial charge in [-0.1, -0.05) is 29.1 Å². The average Bonchev–Trinajstić information content (AvgIpc) is 3.38. The van der Waals surface area contributed by atoms with Crippen LogP contribution in [0.3, 0.4) is 0 Å². The number of aliphatic hydroxyl groups excluding tert-OH is 1. The third-order valence-corrected chi connectivity index (χ3v) is 4.49. The minimum absolute atomic E-state index is 0.485. The lowest BCUT2D eigenvalue weighted by Crippen LogP contribution is -2.07. The molecule has 0 unspecified atom stereocenters. The fraction of sp³-hybridized carbons (Fsp3) is 0.125. The van der Waals surface area contributed by atoms with Gasteiger partial charge in [-0.15, -0.1) is 0 Å². The quantitative estimate of drug-likeness (QED) is 0.537. The molecule has 0 aliphatic heterocycles. The highest BCUT2D eigenvalue weighted by Crippen LogP contribution is 2.22. The van der Waals surface area contributed by atoms with E-state index in [-0.39, 0.29) is 0 Å². The van der Waals surface area contributed by atoms with Crippen molar-refractivity contribution in [2.75, 3.05) is 0 Å². The van der Waals surface area contributed by atoms with Gasteiger partial charge in [-0.25, -0.2) is 4.98 Å². The Bertz CT molecular complexity index is 1160. The first kappa shape index (κ1) is 18.7. The summed E-state index contributed by atoms with van der Waals surface area (Å²) >= 11 is 0. The Balaban J connectivity index is 1.47. The van der Waals surface area contributed by atoms with E-state index in [4.69, 9.17) is 4.52 Å². The van der Waals surface area contributed by atoms with E-state index < -0.39 is 6.10 Å². The van der Waals surface area contributed by atoms with Crippen LogP contribution in [0.2, 0.25) is 0 Å². The Labute approximate surface area is 169 Å². The van der Waals surface area contributed by atoms with E-state index in [1.54, 1.807) is 13.1 Å². The summed E-state index contributed by atoms with van der Waals surface area (Å²) in [6, 6.07) is 17.6. The van der Waals surface area contributed by atoms with E-state index in [1.807, 2.05) is 65.4 Å². The van der Waals surface area contributed by atoms with Gasteiger partial charge in [0.1, 0.15) is 17.6 Å². The van der Waals surface area contributed by atoms with Crippen LogP contribution in [-0.4, -0.2) is 19.8 Å². The highest BCUT2D eigenvalue weighted by atomic mass is 16.5. The van der Waals surface area contributed by atoms with Crippen LogP contribution < -0.4 is 0 Å². The van der Waals surface area contributed by atoms with Crippen molar-refractivity contribution in [1.29, 1.82) is 0 Å². The van der Waals surface area contributed by atoms with E-state index in [0.717, 1.165) is 27.9 Å². The van der Waals surface area contributed by atoms with Gasteiger partial charge in [0, 0.05) is 35.2 Å². The Hall–Kier alpha value is -3.62. The molecular formula is C24H20N3O2. The van der Waals surface area contributed by atoms with Gasteiger partial charge < -0.3 is 14.2 Å². The number of benzene rings is 2.